The Labute approximate surface area is 61.9 Å². The third-order valence-corrected chi connectivity index (χ3v) is 2.35. The van der Waals surface area contributed by atoms with Crippen LogP contribution in [0.1, 0.15) is 38.5 Å². The predicted octanol–water partition coefficient (Wildman–Crippen LogP) is 1.96. The minimum atomic E-state index is -0.642. The Hall–Kier alpha value is 0.310. The molecule has 0 bridgehead atoms. The first-order chi connectivity index (χ1) is 4.21. The van der Waals surface area contributed by atoms with Gasteiger partial charge < -0.3 is 5.11 Å². The average Bonchev–Trinajstić information content (AvgIpc) is 1.92. The van der Waals surface area contributed by atoms with E-state index in [9.17, 15) is 5.11 Å². The molecule has 0 atom stereocenters. The summed E-state index contributed by atoms with van der Waals surface area (Å²) in [6, 6.07) is 0. The number of rotatable bonds is 0. The zero-order chi connectivity index (χ0) is 6.74. The molecule has 0 amide bonds. The first kappa shape index (κ1) is 7.42. The maximum atomic E-state index is 9.42. The summed E-state index contributed by atoms with van der Waals surface area (Å²) in [5, 5.41) is 9.42. The standard InChI is InChI=1S/C7H14OS/c8-7(9)5-3-1-2-4-6-7/h8-9H,1-6H2. The summed E-state index contributed by atoms with van der Waals surface area (Å²) in [6.07, 6.45) is 6.55. The van der Waals surface area contributed by atoms with Gasteiger partial charge in [-0.2, -0.15) is 0 Å². The third-order valence-electron chi connectivity index (χ3n) is 1.90. The van der Waals surface area contributed by atoms with Gasteiger partial charge in [0.15, 0.2) is 0 Å². The van der Waals surface area contributed by atoms with Crippen molar-refractivity contribution < 1.29 is 5.11 Å². The molecule has 2 heteroatoms. The molecule has 0 radical (unpaired) electrons. The minimum Gasteiger partial charge on any atom is -0.380 e. The number of thiol groups is 1. The van der Waals surface area contributed by atoms with Crippen LogP contribution in [0.15, 0.2) is 0 Å². The molecule has 1 nitrogen and oxygen atoms in total. The summed E-state index contributed by atoms with van der Waals surface area (Å²) in [5.74, 6) is 0. The van der Waals surface area contributed by atoms with Crippen molar-refractivity contribution in [2.24, 2.45) is 0 Å². The van der Waals surface area contributed by atoms with Crippen molar-refractivity contribution in [3.63, 3.8) is 0 Å². The SMILES string of the molecule is OC1(S)CCCCCC1. The van der Waals surface area contributed by atoms with Crippen LogP contribution in [0.5, 0.6) is 0 Å². The molecule has 0 spiro atoms. The van der Waals surface area contributed by atoms with Gasteiger partial charge in [-0.1, -0.05) is 12.8 Å². The number of aliphatic hydroxyl groups is 1. The summed E-state index contributed by atoms with van der Waals surface area (Å²) in [5.41, 5.74) is 0. The van der Waals surface area contributed by atoms with Crippen molar-refractivity contribution >= 4 is 12.6 Å². The van der Waals surface area contributed by atoms with Gasteiger partial charge in [0.1, 0.15) is 4.93 Å². The van der Waals surface area contributed by atoms with Gasteiger partial charge >= 0.3 is 0 Å². The van der Waals surface area contributed by atoms with Gasteiger partial charge in [0.25, 0.3) is 0 Å². The van der Waals surface area contributed by atoms with Crippen molar-refractivity contribution in [2.75, 3.05) is 0 Å². The monoisotopic (exact) mass is 146 g/mol. The van der Waals surface area contributed by atoms with Crippen molar-refractivity contribution in [1.82, 2.24) is 0 Å². The highest BCUT2D eigenvalue weighted by Crippen LogP contribution is 2.29. The fraction of sp³-hybridized carbons (Fsp3) is 1.00. The molecule has 54 valence electrons. The van der Waals surface area contributed by atoms with Gasteiger partial charge in [-0.3, -0.25) is 0 Å². The maximum absolute atomic E-state index is 9.42. The minimum absolute atomic E-state index is 0.642. The van der Waals surface area contributed by atoms with Crippen LogP contribution in [0, 0.1) is 0 Å². The van der Waals surface area contributed by atoms with Crippen molar-refractivity contribution in [3.8, 4) is 0 Å². The Morgan fingerprint density at radius 1 is 1.00 bits per heavy atom. The van der Waals surface area contributed by atoms with Gasteiger partial charge in [0.05, 0.1) is 0 Å². The van der Waals surface area contributed by atoms with Gasteiger partial charge in [0.2, 0.25) is 0 Å². The van der Waals surface area contributed by atoms with Gasteiger partial charge in [-0.15, -0.1) is 12.6 Å². The zero-order valence-electron chi connectivity index (χ0n) is 5.64. The van der Waals surface area contributed by atoms with Crippen LogP contribution in [0.3, 0.4) is 0 Å². The molecule has 0 aromatic heterocycles. The van der Waals surface area contributed by atoms with E-state index in [2.05, 4.69) is 12.6 Å². The van der Waals surface area contributed by atoms with Crippen molar-refractivity contribution in [1.29, 1.82) is 0 Å². The largest absolute Gasteiger partial charge is 0.380 e. The molecule has 1 aliphatic carbocycles. The topological polar surface area (TPSA) is 20.2 Å². The molecule has 1 rings (SSSR count). The van der Waals surface area contributed by atoms with E-state index < -0.39 is 4.93 Å². The third kappa shape index (κ3) is 2.59. The van der Waals surface area contributed by atoms with E-state index in [1.165, 1.54) is 12.8 Å². The summed E-state index contributed by atoms with van der Waals surface area (Å²) in [7, 11) is 0. The Kier molecular flexibility index (Phi) is 2.42. The van der Waals surface area contributed by atoms with E-state index >= 15 is 0 Å². The van der Waals surface area contributed by atoms with Crippen LogP contribution < -0.4 is 0 Å². The first-order valence-electron chi connectivity index (χ1n) is 3.65. The van der Waals surface area contributed by atoms with Gasteiger partial charge in [-0.05, 0) is 25.7 Å². The van der Waals surface area contributed by atoms with E-state index in [1.807, 2.05) is 0 Å². The first-order valence-corrected chi connectivity index (χ1v) is 4.10. The van der Waals surface area contributed by atoms with Crippen LogP contribution in [-0.2, 0) is 0 Å². The molecule has 0 saturated heterocycles. The van der Waals surface area contributed by atoms with Crippen LogP contribution >= 0.6 is 12.6 Å². The van der Waals surface area contributed by atoms with E-state index in [-0.39, 0.29) is 0 Å². The highest BCUT2D eigenvalue weighted by Gasteiger charge is 2.22. The molecule has 0 unspecified atom stereocenters. The lowest BCUT2D eigenvalue weighted by atomic mass is 10.1. The molecule has 0 aromatic carbocycles. The Bertz CT molecular complexity index is 80.9. The predicted molar refractivity (Wildman–Crippen MR) is 41.6 cm³/mol. The summed E-state index contributed by atoms with van der Waals surface area (Å²) < 4.78 is 0. The van der Waals surface area contributed by atoms with E-state index in [4.69, 9.17) is 0 Å². The number of hydrogen-bond donors (Lipinski definition) is 2. The summed E-state index contributed by atoms with van der Waals surface area (Å²) in [4.78, 5) is -0.642. The lowest BCUT2D eigenvalue weighted by Gasteiger charge is -2.18. The molecule has 0 heterocycles. The molecule has 1 fully saturated rings. The Morgan fingerprint density at radius 3 is 1.89 bits per heavy atom. The molecule has 0 aromatic rings. The second kappa shape index (κ2) is 2.93. The Balaban J connectivity index is 2.36. The molecular weight excluding hydrogens is 132 g/mol. The van der Waals surface area contributed by atoms with Crippen LogP contribution in [-0.4, -0.2) is 10.0 Å². The molecule has 1 aliphatic rings. The maximum Gasteiger partial charge on any atom is 0.107 e. The zero-order valence-corrected chi connectivity index (χ0v) is 6.53. The van der Waals surface area contributed by atoms with E-state index in [0.29, 0.717) is 0 Å². The molecular formula is C7H14OS. The average molecular weight is 146 g/mol. The number of hydrogen-bond acceptors (Lipinski definition) is 2. The molecule has 9 heavy (non-hydrogen) atoms. The fourth-order valence-electron chi connectivity index (χ4n) is 1.29. The van der Waals surface area contributed by atoms with Crippen molar-refractivity contribution in [2.45, 2.75) is 43.5 Å². The summed E-state index contributed by atoms with van der Waals surface area (Å²) in [6.45, 7) is 0. The molecule has 1 N–H and O–H groups in total. The van der Waals surface area contributed by atoms with Crippen LogP contribution in [0.2, 0.25) is 0 Å². The fourth-order valence-corrected chi connectivity index (χ4v) is 1.61. The van der Waals surface area contributed by atoms with Crippen molar-refractivity contribution in [3.05, 3.63) is 0 Å². The van der Waals surface area contributed by atoms with E-state index in [1.54, 1.807) is 0 Å². The Morgan fingerprint density at radius 2 is 1.44 bits per heavy atom. The lowest BCUT2D eigenvalue weighted by molar-refractivity contribution is 0.123. The highest BCUT2D eigenvalue weighted by atomic mass is 32.1. The lowest BCUT2D eigenvalue weighted by Crippen LogP contribution is -2.18. The second-order valence-corrected chi connectivity index (χ2v) is 3.73. The second-order valence-electron chi connectivity index (χ2n) is 2.90. The quantitative estimate of drug-likeness (QED) is 0.304. The van der Waals surface area contributed by atoms with Gasteiger partial charge in [0, 0.05) is 0 Å². The van der Waals surface area contributed by atoms with Crippen LogP contribution in [0.25, 0.3) is 0 Å². The highest BCUT2D eigenvalue weighted by molar-refractivity contribution is 7.81. The molecule has 0 aliphatic heterocycles. The summed E-state index contributed by atoms with van der Waals surface area (Å²) >= 11 is 4.14. The van der Waals surface area contributed by atoms with E-state index in [0.717, 1.165) is 25.7 Å². The van der Waals surface area contributed by atoms with Gasteiger partial charge in [-0.25, -0.2) is 0 Å². The van der Waals surface area contributed by atoms with Crippen LogP contribution in [0.4, 0.5) is 0 Å². The normalized spacial score (nSPS) is 27.3. The molecule has 1 saturated carbocycles. The smallest absolute Gasteiger partial charge is 0.107 e.